The van der Waals surface area contributed by atoms with Gasteiger partial charge in [0.15, 0.2) is 5.17 Å². The van der Waals surface area contributed by atoms with Crippen molar-refractivity contribution < 1.29 is 4.74 Å². The van der Waals surface area contributed by atoms with Crippen LogP contribution in [0.1, 0.15) is 19.8 Å². The molecule has 0 saturated carbocycles. The van der Waals surface area contributed by atoms with Gasteiger partial charge in [0.1, 0.15) is 0 Å². The summed E-state index contributed by atoms with van der Waals surface area (Å²) in [6.07, 6.45) is 2.42. The van der Waals surface area contributed by atoms with E-state index in [1.807, 2.05) is 11.8 Å². The molecule has 0 aliphatic carbocycles. The minimum absolute atomic E-state index is 0.592. The largest absolute Gasteiger partial charge is 0.381 e. The first-order valence-corrected chi connectivity index (χ1v) is 6.34. The average molecular weight is 214 g/mol. The standard InChI is InChI=1S/C10H18N2OS/c1-8-3-5-14-10(12-8)11-6-9-2-4-13-7-9/h8-9H,2-7H2,1H3,(H,11,12). The van der Waals surface area contributed by atoms with Crippen LogP contribution in [0.3, 0.4) is 0 Å². The van der Waals surface area contributed by atoms with Gasteiger partial charge in [-0.25, -0.2) is 0 Å². The number of ether oxygens (including phenoxy) is 1. The quantitative estimate of drug-likeness (QED) is 0.756. The zero-order valence-electron chi connectivity index (χ0n) is 8.66. The Morgan fingerprint density at radius 1 is 1.57 bits per heavy atom. The molecule has 2 fully saturated rings. The summed E-state index contributed by atoms with van der Waals surface area (Å²) in [7, 11) is 0. The number of hydrogen-bond acceptors (Lipinski definition) is 3. The fourth-order valence-corrected chi connectivity index (χ4v) is 2.80. The smallest absolute Gasteiger partial charge is 0.156 e. The van der Waals surface area contributed by atoms with E-state index in [4.69, 9.17) is 4.74 Å². The van der Waals surface area contributed by atoms with Crippen LogP contribution in [0.15, 0.2) is 4.99 Å². The number of thioether (sulfide) groups is 1. The minimum Gasteiger partial charge on any atom is -0.381 e. The van der Waals surface area contributed by atoms with Crippen LogP contribution in [0.25, 0.3) is 0 Å². The lowest BCUT2D eigenvalue weighted by atomic mass is 10.1. The summed E-state index contributed by atoms with van der Waals surface area (Å²) >= 11 is 1.85. The summed E-state index contributed by atoms with van der Waals surface area (Å²) in [5.41, 5.74) is 0. The molecule has 0 amide bonds. The van der Waals surface area contributed by atoms with Crippen molar-refractivity contribution in [1.29, 1.82) is 0 Å². The molecule has 80 valence electrons. The van der Waals surface area contributed by atoms with Crippen LogP contribution < -0.4 is 5.32 Å². The second kappa shape index (κ2) is 5.03. The van der Waals surface area contributed by atoms with E-state index in [0.717, 1.165) is 24.9 Å². The first-order valence-electron chi connectivity index (χ1n) is 5.36. The molecular formula is C10H18N2OS. The summed E-state index contributed by atoms with van der Waals surface area (Å²) in [6.45, 7) is 4.97. The van der Waals surface area contributed by atoms with Crippen LogP contribution in [0.2, 0.25) is 0 Å². The summed E-state index contributed by atoms with van der Waals surface area (Å²) < 4.78 is 5.32. The van der Waals surface area contributed by atoms with Gasteiger partial charge in [-0.2, -0.15) is 0 Å². The molecule has 0 radical (unpaired) electrons. The van der Waals surface area contributed by atoms with Gasteiger partial charge in [0, 0.05) is 30.9 Å². The molecule has 2 aliphatic rings. The van der Waals surface area contributed by atoms with Gasteiger partial charge >= 0.3 is 0 Å². The molecule has 0 aromatic carbocycles. The molecule has 2 unspecified atom stereocenters. The van der Waals surface area contributed by atoms with Gasteiger partial charge in [-0.3, -0.25) is 4.99 Å². The van der Waals surface area contributed by atoms with Crippen LogP contribution in [0, 0.1) is 5.92 Å². The minimum atomic E-state index is 0.592. The molecule has 2 rings (SSSR count). The van der Waals surface area contributed by atoms with E-state index in [1.54, 1.807) is 0 Å². The Balaban J connectivity index is 1.78. The van der Waals surface area contributed by atoms with Crippen LogP contribution >= 0.6 is 11.8 Å². The maximum atomic E-state index is 5.32. The lowest BCUT2D eigenvalue weighted by Gasteiger charge is -2.22. The number of amidine groups is 1. The van der Waals surface area contributed by atoms with E-state index < -0.39 is 0 Å². The van der Waals surface area contributed by atoms with E-state index >= 15 is 0 Å². The zero-order valence-corrected chi connectivity index (χ0v) is 9.48. The number of rotatable bonds is 2. The van der Waals surface area contributed by atoms with Crippen molar-refractivity contribution in [2.75, 3.05) is 25.5 Å². The van der Waals surface area contributed by atoms with E-state index in [0.29, 0.717) is 12.0 Å². The van der Waals surface area contributed by atoms with Crippen molar-refractivity contribution in [3.8, 4) is 0 Å². The predicted octanol–water partition coefficient (Wildman–Crippen LogP) is 1.49. The van der Waals surface area contributed by atoms with Gasteiger partial charge in [0.2, 0.25) is 0 Å². The van der Waals surface area contributed by atoms with Gasteiger partial charge in [0.25, 0.3) is 0 Å². The van der Waals surface area contributed by atoms with Crippen molar-refractivity contribution in [2.45, 2.75) is 25.8 Å². The molecule has 14 heavy (non-hydrogen) atoms. The molecule has 2 atom stereocenters. The third-order valence-electron chi connectivity index (χ3n) is 2.68. The highest BCUT2D eigenvalue weighted by atomic mass is 32.2. The van der Waals surface area contributed by atoms with Gasteiger partial charge in [-0.05, 0) is 19.8 Å². The second-order valence-corrected chi connectivity index (χ2v) is 5.14. The molecule has 0 aromatic rings. The lowest BCUT2D eigenvalue weighted by molar-refractivity contribution is 0.187. The number of aliphatic imine (C=N–C) groups is 1. The fraction of sp³-hybridized carbons (Fsp3) is 0.900. The molecule has 0 aromatic heterocycles. The summed E-state index contributed by atoms with van der Waals surface area (Å²) in [5.74, 6) is 1.86. The highest BCUT2D eigenvalue weighted by Crippen LogP contribution is 2.16. The Labute approximate surface area is 89.7 Å². The normalized spacial score (nSPS) is 35.9. The molecule has 1 N–H and O–H groups in total. The number of nitrogens with one attached hydrogen (secondary N) is 1. The maximum Gasteiger partial charge on any atom is 0.156 e. The molecule has 4 heteroatoms. The number of nitrogens with zero attached hydrogens (tertiary/aromatic N) is 1. The van der Waals surface area contributed by atoms with E-state index in [9.17, 15) is 0 Å². The molecular weight excluding hydrogens is 196 g/mol. The van der Waals surface area contributed by atoms with Gasteiger partial charge in [0.05, 0.1) is 6.61 Å². The lowest BCUT2D eigenvalue weighted by Crippen LogP contribution is -2.35. The molecule has 2 aliphatic heterocycles. The zero-order chi connectivity index (χ0) is 9.80. The Kier molecular flexibility index (Phi) is 3.70. The van der Waals surface area contributed by atoms with Crippen molar-refractivity contribution in [3.63, 3.8) is 0 Å². The van der Waals surface area contributed by atoms with Crippen molar-refractivity contribution >= 4 is 16.9 Å². The van der Waals surface area contributed by atoms with Crippen LogP contribution in [-0.2, 0) is 4.74 Å². The summed E-state index contributed by atoms with van der Waals surface area (Å²) in [5, 5.41) is 4.55. The molecule has 0 spiro atoms. The third kappa shape index (κ3) is 2.89. The van der Waals surface area contributed by atoms with E-state index in [2.05, 4.69) is 17.2 Å². The molecule has 2 heterocycles. The third-order valence-corrected chi connectivity index (χ3v) is 3.64. The predicted molar refractivity (Wildman–Crippen MR) is 60.9 cm³/mol. The SMILES string of the molecule is CC1CCSC(=NCC2CCOC2)N1. The first-order chi connectivity index (χ1) is 6.84. The monoisotopic (exact) mass is 214 g/mol. The second-order valence-electron chi connectivity index (χ2n) is 4.06. The van der Waals surface area contributed by atoms with E-state index in [-0.39, 0.29) is 0 Å². The van der Waals surface area contributed by atoms with Gasteiger partial charge in [-0.1, -0.05) is 11.8 Å². The summed E-state index contributed by atoms with van der Waals surface area (Å²) in [4.78, 5) is 4.60. The van der Waals surface area contributed by atoms with Crippen LogP contribution in [0.4, 0.5) is 0 Å². The van der Waals surface area contributed by atoms with E-state index in [1.165, 1.54) is 18.6 Å². The maximum absolute atomic E-state index is 5.32. The average Bonchev–Trinajstić information content (AvgIpc) is 2.67. The van der Waals surface area contributed by atoms with Crippen LogP contribution in [-0.4, -0.2) is 36.7 Å². The highest BCUT2D eigenvalue weighted by molar-refractivity contribution is 8.13. The molecule has 3 nitrogen and oxygen atoms in total. The van der Waals surface area contributed by atoms with Crippen molar-refractivity contribution in [3.05, 3.63) is 0 Å². The van der Waals surface area contributed by atoms with Gasteiger partial charge in [-0.15, -0.1) is 0 Å². The van der Waals surface area contributed by atoms with Crippen molar-refractivity contribution in [2.24, 2.45) is 10.9 Å². The molecule has 0 bridgehead atoms. The Hall–Kier alpha value is -0.220. The molecule has 2 saturated heterocycles. The van der Waals surface area contributed by atoms with Crippen molar-refractivity contribution in [1.82, 2.24) is 5.32 Å². The Morgan fingerprint density at radius 2 is 2.50 bits per heavy atom. The summed E-state index contributed by atoms with van der Waals surface area (Å²) in [6, 6.07) is 0.592. The van der Waals surface area contributed by atoms with Crippen LogP contribution in [0.5, 0.6) is 0 Å². The Morgan fingerprint density at radius 3 is 3.21 bits per heavy atom. The number of hydrogen-bond donors (Lipinski definition) is 1. The van der Waals surface area contributed by atoms with Gasteiger partial charge < -0.3 is 10.1 Å². The topological polar surface area (TPSA) is 33.6 Å². The first kappa shape index (κ1) is 10.3. The highest BCUT2D eigenvalue weighted by Gasteiger charge is 2.17. The fourth-order valence-electron chi connectivity index (χ4n) is 1.69. The Bertz CT molecular complexity index is 214.